The van der Waals surface area contributed by atoms with Crippen molar-refractivity contribution in [2.24, 2.45) is 0 Å². The normalized spacial score (nSPS) is 11.2. The van der Waals surface area contributed by atoms with Crippen molar-refractivity contribution < 1.29 is 13.9 Å². The van der Waals surface area contributed by atoms with Gasteiger partial charge >= 0.3 is 5.97 Å². The number of hydrogen-bond acceptors (Lipinski definition) is 5. The summed E-state index contributed by atoms with van der Waals surface area (Å²) >= 11 is 0. The number of esters is 1. The van der Waals surface area contributed by atoms with E-state index >= 15 is 0 Å². The standard InChI is InChI=1S/C20H22N2O3/c1-4-24-20(23)19-14(2)16-9-5-6-10-17(16)21-18(19)13-22(3)12-15-8-7-11-25-15/h5-11H,4,12-13H2,1-3H3. The Balaban J connectivity index is 1.99. The molecule has 0 aliphatic heterocycles. The predicted octanol–water partition coefficient (Wildman–Crippen LogP) is 3.94. The lowest BCUT2D eigenvalue weighted by Crippen LogP contribution is -2.21. The summed E-state index contributed by atoms with van der Waals surface area (Å²) in [6, 6.07) is 11.7. The Morgan fingerprint density at radius 3 is 2.72 bits per heavy atom. The van der Waals surface area contributed by atoms with E-state index in [4.69, 9.17) is 14.1 Å². The second kappa shape index (κ2) is 7.49. The predicted molar refractivity (Wildman–Crippen MR) is 96.3 cm³/mol. The van der Waals surface area contributed by atoms with Crippen LogP contribution < -0.4 is 0 Å². The SMILES string of the molecule is CCOC(=O)c1c(CN(C)Cc2ccco2)nc2ccccc2c1C. The number of ether oxygens (including phenoxy) is 1. The van der Waals surface area contributed by atoms with Crippen molar-refractivity contribution in [2.75, 3.05) is 13.7 Å². The molecule has 2 aromatic heterocycles. The molecule has 0 fully saturated rings. The average molecular weight is 338 g/mol. The molecule has 0 atom stereocenters. The van der Waals surface area contributed by atoms with Gasteiger partial charge in [-0.1, -0.05) is 18.2 Å². The van der Waals surface area contributed by atoms with E-state index < -0.39 is 0 Å². The molecular formula is C20H22N2O3. The number of benzene rings is 1. The van der Waals surface area contributed by atoms with Crippen LogP contribution in [0.2, 0.25) is 0 Å². The highest BCUT2D eigenvalue weighted by atomic mass is 16.5. The quantitative estimate of drug-likeness (QED) is 0.637. The van der Waals surface area contributed by atoms with E-state index in [1.807, 2.05) is 57.3 Å². The van der Waals surface area contributed by atoms with Crippen LogP contribution in [0.5, 0.6) is 0 Å². The number of fused-ring (bicyclic) bond motifs is 1. The molecule has 5 nitrogen and oxygen atoms in total. The first-order chi connectivity index (χ1) is 12.1. The Bertz CT molecular complexity index is 872. The van der Waals surface area contributed by atoms with Gasteiger partial charge in [-0.25, -0.2) is 4.79 Å². The molecule has 0 aliphatic rings. The number of rotatable bonds is 6. The summed E-state index contributed by atoms with van der Waals surface area (Å²) in [5.74, 6) is 0.553. The minimum atomic E-state index is -0.320. The maximum atomic E-state index is 12.5. The third-order valence-electron chi connectivity index (χ3n) is 4.13. The fourth-order valence-corrected chi connectivity index (χ4v) is 3.01. The Labute approximate surface area is 147 Å². The Morgan fingerprint density at radius 1 is 1.20 bits per heavy atom. The zero-order valence-corrected chi connectivity index (χ0v) is 14.8. The maximum absolute atomic E-state index is 12.5. The van der Waals surface area contributed by atoms with Crippen LogP contribution in [-0.2, 0) is 17.8 Å². The van der Waals surface area contributed by atoms with E-state index in [1.54, 1.807) is 6.26 Å². The van der Waals surface area contributed by atoms with Crippen molar-refractivity contribution in [3.63, 3.8) is 0 Å². The number of aryl methyl sites for hydroxylation is 1. The number of para-hydroxylation sites is 1. The molecule has 25 heavy (non-hydrogen) atoms. The van der Waals surface area contributed by atoms with Crippen LogP contribution in [-0.4, -0.2) is 29.5 Å². The first-order valence-corrected chi connectivity index (χ1v) is 8.36. The van der Waals surface area contributed by atoms with Gasteiger partial charge in [-0.15, -0.1) is 0 Å². The number of carbonyl (C=O) groups is 1. The van der Waals surface area contributed by atoms with Gasteiger partial charge in [-0.05, 0) is 44.7 Å². The summed E-state index contributed by atoms with van der Waals surface area (Å²) in [4.78, 5) is 19.3. The van der Waals surface area contributed by atoms with Gasteiger partial charge in [-0.2, -0.15) is 0 Å². The van der Waals surface area contributed by atoms with Crippen LogP contribution >= 0.6 is 0 Å². The zero-order valence-electron chi connectivity index (χ0n) is 14.8. The molecule has 3 rings (SSSR count). The van der Waals surface area contributed by atoms with Gasteiger partial charge < -0.3 is 9.15 Å². The van der Waals surface area contributed by atoms with Crippen molar-refractivity contribution in [3.8, 4) is 0 Å². The molecule has 0 N–H and O–H groups in total. The summed E-state index contributed by atoms with van der Waals surface area (Å²) in [6.07, 6.45) is 1.66. The molecule has 130 valence electrons. The molecule has 0 saturated heterocycles. The van der Waals surface area contributed by atoms with Crippen LogP contribution in [0.25, 0.3) is 10.9 Å². The maximum Gasteiger partial charge on any atom is 0.340 e. The van der Waals surface area contributed by atoms with Crippen molar-refractivity contribution >= 4 is 16.9 Å². The fourth-order valence-electron chi connectivity index (χ4n) is 3.01. The number of hydrogen-bond donors (Lipinski definition) is 0. The van der Waals surface area contributed by atoms with Crippen LogP contribution in [0, 0.1) is 6.92 Å². The average Bonchev–Trinajstić information content (AvgIpc) is 3.08. The van der Waals surface area contributed by atoms with Gasteiger partial charge in [0.15, 0.2) is 0 Å². The summed E-state index contributed by atoms with van der Waals surface area (Å²) in [5.41, 5.74) is 3.08. The number of furan rings is 1. The summed E-state index contributed by atoms with van der Waals surface area (Å²) in [6.45, 7) is 5.27. The lowest BCUT2D eigenvalue weighted by molar-refractivity contribution is 0.0522. The monoisotopic (exact) mass is 338 g/mol. The van der Waals surface area contributed by atoms with Crippen molar-refractivity contribution in [1.82, 2.24) is 9.88 Å². The van der Waals surface area contributed by atoms with E-state index in [1.165, 1.54) is 0 Å². The molecule has 5 heteroatoms. The Hall–Kier alpha value is -2.66. The minimum Gasteiger partial charge on any atom is -0.468 e. The van der Waals surface area contributed by atoms with Crippen molar-refractivity contribution in [1.29, 1.82) is 0 Å². The number of pyridine rings is 1. The molecule has 0 unspecified atom stereocenters. The number of nitrogens with zero attached hydrogens (tertiary/aromatic N) is 2. The molecule has 0 saturated carbocycles. The first-order valence-electron chi connectivity index (χ1n) is 8.36. The van der Waals surface area contributed by atoms with Crippen LogP contribution in [0.1, 0.15) is 34.3 Å². The number of carbonyl (C=O) groups excluding carboxylic acids is 1. The summed E-state index contributed by atoms with van der Waals surface area (Å²) in [5, 5.41) is 0.975. The fraction of sp³-hybridized carbons (Fsp3) is 0.300. The van der Waals surface area contributed by atoms with Crippen LogP contribution in [0.4, 0.5) is 0 Å². The molecule has 1 aromatic carbocycles. The molecule has 0 bridgehead atoms. The largest absolute Gasteiger partial charge is 0.468 e. The second-order valence-corrected chi connectivity index (χ2v) is 6.05. The van der Waals surface area contributed by atoms with Gasteiger partial charge in [0.2, 0.25) is 0 Å². The lowest BCUT2D eigenvalue weighted by atomic mass is 10.0. The van der Waals surface area contributed by atoms with E-state index in [9.17, 15) is 4.79 Å². The highest BCUT2D eigenvalue weighted by Crippen LogP contribution is 2.24. The van der Waals surface area contributed by atoms with Gasteiger partial charge in [0.05, 0.1) is 36.2 Å². The third kappa shape index (κ3) is 3.72. The zero-order chi connectivity index (χ0) is 17.8. The Morgan fingerprint density at radius 2 is 2.00 bits per heavy atom. The highest BCUT2D eigenvalue weighted by molar-refractivity contribution is 5.98. The molecule has 3 aromatic rings. The van der Waals surface area contributed by atoms with Gasteiger partial charge in [-0.3, -0.25) is 9.88 Å². The van der Waals surface area contributed by atoms with Gasteiger partial charge in [0, 0.05) is 11.9 Å². The van der Waals surface area contributed by atoms with E-state index in [-0.39, 0.29) is 5.97 Å². The second-order valence-electron chi connectivity index (χ2n) is 6.05. The van der Waals surface area contributed by atoms with E-state index in [0.717, 1.165) is 27.9 Å². The van der Waals surface area contributed by atoms with Crippen molar-refractivity contribution in [2.45, 2.75) is 26.9 Å². The molecule has 2 heterocycles. The van der Waals surface area contributed by atoms with Crippen LogP contribution in [0.3, 0.4) is 0 Å². The first kappa shape index (κ1) is 17.2. The Kier molecular flexibility index (Phi) is 5.14. The topological polar surface area (TPSA) is 55.6 Å². The summed E-state index contributed by atoms with van der Waals surface area (Å²) in [7, 11) is 1.98. The molecular weight excluding hydrogens is 316 g/mol. The smallest absolute Gasteiger partial charge is 0.340 e. The van der Waals surface area contributed by atoms with Gasteiger partial charge in [0.25, 0.3) is 0 Å². The highest BCUT2D eigenvalue weighted by Gasteiger charge is 2.21. The van der Waals surface area contributed by atoms with Crippen molar-refractivity contribution in [3.05, 3.63) is 65.2 Å². The van der Waals surface area contributed by atoms with Crippen LogP contribution in [0.15, 0.2) is 47.1 Å². The molecule has 0 radical (unpaired) electrons. The molecule has 0 aliphatic carbocycles. The lowest BCUT2D eigenvalue weighted by Gasteiger charge is -2.19. The van der Waals surface area contributed by atoms with E-state index in [0.29, 0.717) is 25.3 Å². The number of aromatic nitrogens is 1. The van der Waals surface area contributed by atoms with E-state index in [2.05, 4.69) is 4.90 Å². The minimum absolute atomic E-state index is 0.320. The van der Waals surface area contributed by atoms with Gasteiger partial charge in [0.1, 0.15) is 5.76 Å². The third-order valence-corrected chi connectivity index (χ3v) is 4.13. The molecule has 0 spiro atoms. The summed E-state index contributed by atoms with van der Waals surface area (Å²) < 4.78 is 10.7. The molecule has 0 amide bonds.